The number of nitrogens with zero attached hydrogens (tertiary/aromatic N) is 1. The first kappa shape index (κ1) is 14.0. The van der Waals surface area contributed by atoms with E-state index in [1.807, 2.05) is 47.0 Å². The van der Waals surface area contributed by atoms with E-state index < -0.39 is 0 Å². The Morgan fingerprint density at radius 1 is 0.957 bits per heavy atom. The number of aromatic amines is 2. The Hall–Kier alpha value is -2.57. The molecule has 4 rings (SSSR count). The van der Waals surface area contributed by atoms with E-state index in [0.29, 0.717) is 26.2 Å². The van der Waals surface area contributed by atoms with Crippen LogP contribution in [0, 0.1) is 9.41 Å². The van der Waals surface area contributed by atoms with Gasteiger partial charge in [-0.15, -0.1) is 0 Å². The van der Waals surface area contributed by atoms with Gasteiger partial charge in [-0.05, 0) is 24.4 Å². The summed E-state index contributed by atoms with van der Waals surface area (Å²) < 4.78 is 2.79. The van der Waals surface area contributed by atoms with Gasteiger partial charge in [0.25, 0.3) is 0 Å². The van der Waals surface area contributed by atoms with Crippen molar-refractivity contribution >= 4 is 46.6 Å². The van der Waals surface area contributed by atoms with Gasteiger partial charge in [-0.1, -0.05) is 48.6 Å². The molecule has 23 heavy (non-hydrogen) atoms. The van der Waals surface area contributed by atoms with Crippen LogP contribution in [-0.2, 0) is 0 Å². The number of rotatable bonds is 2. The molecule has 4 nitrogen and oxygen atoms in total. The van der Waals surface area contributed by atoms with Crippen LogP contribution in [0.4, 0.5) is 0 Å². The summed E-state index contributed by atoms with van der Waals surface area (Å²) in [6.45, 7) is 0. The van der Waals surface area contributed by atoms with Crippen LogP contribution >= 0.6 is 24.4 Å². The maximum atomic E-state index is 13.0. The maximum Gasteiger partial charge on any atom is 0.211 e. The number of hydrogen-bond donors (Lipinski definition) is 2. The van der Waals surface area contributed by atoms with E-state index in [2.05, 4.69) is 9.97 Å². The molecule has 0 atom stereocenters. The van der Waals surface area contributed by atoms with E-state index in [9.17, 15) is 4.79 Å². The molecule has 0 unspecified atom stereocenters. The number of carbonyl (C=O) groups is 1. The quantitative estimate of drug-likeness (QED) is 0.420. The van der Waals surface area contributed by atoms with Gasteiger partial charge in [0.1, 0.15) is 10.3 Å². The van der Waals surface area contributed by atoms with Gasteiger partial charge < -0.3 is 14.4 Å². The highest BCUT2D eigenvalue weighted by atomic mass is 32.1. The van der Waals surface area contributed by atoms with E-state index in [0.717, 1.165) is 10.9 Å². The second kappa shape index (κ2) is 5.26. The van der Waals surface area contributed by atoms with Crippen molar-refractivity contribution in [2.45, 2.75) is 0 Å². The van der Waals surface area contributed by atoms with Crippen LogP contribution < -0.4 is 0 Å². The highest BCUT2D eigenvalue weighted by molar-refractivity contribution is 7.72. The lowest BCUT2D eigenvalue weighted by Gasteiger charge is -2.03. The average Bonchev–Trinajstić information content (AvgIpc) is 2.89. The van der Waals surface area contributed by atoms with Crippen molar-refractivity contribution in [1.29, 1.82) is 0 Å². The summed E-state index contributed by atoms with van der Waals surface area (Å²) in [4.78, 5) is 19.1. The lowest BCUT2D eigenvalue weighted by molar-refractivity contribution is 0.103. The molecule has 0 fully saturated rings. The van der Waals surface area contributed by atoms with E-state index in [1.165, 1.54) is 0 Å². The third kappa shape index (κ3) is 2.15. The molecule has 0 aliphatic carbocycles. The second-order valence-corrected chi connectivity index (χ2v) is 5.97. The zero-order valence-electron chi connectivity index (χ0n) is 11.9. The summed E-state index contributed by atoms with van der Waals surface area (Å²) in [5, 5.41) is 0.800. The minimum atomic E-state index is -0.0759. The topological polar surface area (TPSA) is 53.1 Å². The number of fused-ring (bicyclic) bond motifs is 3. The highest BCUT2D eigenvalue weighted by Gasteiger charge is 2.20. The van der Waals surface area contributed by atoms with Crippen molar-refractivity contribution in [1.82, 2.24) is 14.4 Å². The number of H-pyrrole nitrogens is 2. The monoisotopic (exact) mass is 337 g/mol. The Balaban J connectivity index is 2.19. The Morgan fingerprint density at radius 2 is 1.70 bits per heavy atom. The van der Waals surface area contributed by atoms with E-state index >= 15 is 0 Å². The molecule has 1 aromatic carbocycles. The zero-order chi connectivity index (χ0) is 16.0. The van der Waals surface area contributed by atoms with Crippen molar-refractivity contribution in [3.8, 4) is 0 Å². The lowest BCUT2D eigenvalue weighted by Crippen LogP contribution is -2.06. The SMILES string of the molecule is O=C(c1ccccc1)c1c2[nH]c(=S)[nH]c(=S)c2c2ccccn12. The molecule has 4 aromatic rings. The molecule has 2 N–H and O–H groups in total. The van der Waals surface area contributed by atoms with Gasteiger partial charge in [0.15, 0.2) is 4.77 Å². The number of aromatic nitrogens is 3. The number of pyridine rings is 1. The molecule has 0 saturated carbocycles. The van der Waals surface area contributed by atoms with Gasteiger partial charge in [-0.3, -0.25) is 4.79 Å². The fourth-order valence-corrected chi connectivity index (χ4v) is 3.40. The summed E-state index contributed by atoms with van der Waals surface area (Å²) in [5.41, 5.74) is 2.69. The molecule has 0 aliphatic heterocycles. The standard InChI is InChI=1S/C17H11N3OS2/c21-15(10-6-2-1-3-7-10)14-13-12(16(22)19-17(23)18-13)11-8-4-5-9-20(11)14/h1-9H,(H2,18,19,22,23). The summed E-state index contributed by atoms with van der Waals surface area (Å²) in [6.07, 6.45) is 1.86. The van der Waals surface area contributed by atoms with Crippen LogP contribution in [-0.4, -0.2) is 20.2 Å². The van der Waals surface area contributed by atoms with Crippen LogP contribution in [0.3, 0.4) is 0 Å². The minimum absolute atomic E-state index is 0.0759. The third-order valence-electron chi connectivity index (χ3n) is 3.79. The van der Waals surface area contributed by atoms with Crippen molar-refractivity contribution in [3.63, 3.8) is 0 Å². The molecule has 3 aromatic heterocycles. The lowest BCUT2D eigenvalue weighted by atomic mass is 10.1. The van der Waals surface area contributed by atoms with Crippen molar-refractivity contribution in [2.24, 2.45) is 0 Å². The molecule has 0 spiro atoms. The molecule has 0 bridgehead atoms. The first-order chi connectivity index (χ1) is 11.2. The maximum absolute atomic E-state index is 13.0. The highest BCUT2D eigenvalue weighted by Crippen LogP contribution is 2.27. The normalized spacial score (nSPS) is 11.1. The zero-order valence-corrected chi connectivity index (χ0v) is 13.5. The molecule has 3 heterocycles. The Morgan fingerprint density at radius 3 is 2.48 bits per heavy atom. The summed E-state index contributed by atoms with van der Waals surface area (Å²) >= 11 is 10.6. The van der Waals surface area contributed by atoms with Gasteiger partial charge >= 0.3 is 0 Å². The molecule has 0 radical (unpaired) electrons. The number of carbonyl (C=O) groups excluding carboxylic acids is 1. The Labute approximate surface area is 141 Å². The molecule has 0 amide bonds. The van der Waals surface area contributed by atoms with Crippen molar-refractivity contribution < 1.29 is 4.79 Å². The van der Waals surface area contributed by atoms with Gasteiger partial charge in [0, 0.05) is 11.8 Å². The summed E-state index contributed by atoms with van der Waals surface area (Å²) in [7, 11) is 0. The number of nitrogens with one attached hydrogen (secondary N) is 2. The number of benzene rings is 1. The van der Waals surface area contributed by atoms with E-state index in [4.69, 9.17) is 24.4 Å². The predicted octanol–water partition coefficient (Wildman–Crippen LogP) is 4.44. The molecular formula is C17H11N3OS2. The van der Waals surface area contributed by atoms with Crippen LogP contribution in [0.2, 0.25) is 0 Å². The van der Waals surface area contributed by atoms with Gasteiger partial charge in [0.05, 0.1) is 16.4 Å². The minimum Gasteiger partial charge on any atom is -0.330 e. The van der Waals surface area contributed by atoms with Crippen LogP contribution in [0.1, 0.15) is 16.1 Å². The number of hydrogen-bond acceptors (Lipinski definition) is 3. The Kier molecular flexibility index (Phi) is 3.21. The van der Waals surface area contributed by atoms with Gasteiger partial charge in [-0.2, -0.15) is 0 Å². The van der Waals surface area contributed by atoms with Gasteiger partial charge in [0.2, 0.25) is 5.78 Å². The Bertz CT molecular complexity index is 1170. The predicted molar refractivity (Wildman–Crippen MR) is 95.1 cm³/mol. The first-order valence-corrected chi connectivity index (χ1v) is 7.83. The van der Waals surface area contributed by atoms with Crippen LogP contribution in [0.25, 0.3) is 16.4 Å². The smallest absolute Gasteiger partial charge is 0.211 e. The summed E-state index contributed by atoms with van der Waals surface area (Å²) in [6, 6.07) is 14.9. The summed E-state index contributed by atoms with van der Waals surface area (Å²) in [5.74, 6) is -0.0759. The second-order valence-electron chi connectivity index (χ2n) is 5.16. The van der Waals surface area contributed by atoms with Crippen molar-refractivity contribution in [2.75, 3.05) is 0 Å². The van der Waals surface area contributed by atoms with Gasteiger partial charge in [-0.25, -0.2) is 0 Å². The van der Waals surface area contributed by atoms with Crippen LogP contribution in [0.5, 0.6) is 0 Å². The van der Waals surface area contributed by atoms with E-state index in [-0.39, 0.29) is 5.78 Å². The van der Waals surface area contributed by atoms with E-state index in [1.54, 1.807) is 12.1 Å². The molecule has 0 saturated heterocycles. The molecular weight excluding hydrogens is 326 g/mol. The fraction of sp³-hybridized carbons (Fsp3) is 0. The molecule has 6 heteroatoms. The number of ketones is 1. The third-order valence-corrected chi connectivity index (χ3v) is 4.30. The average molecular weight is 337 g/mol. The molecule has 0 aliphatic rings. The fourth-order valence-electron chi connectivity index (χ4n) is 2.82. The largest absolute Gasteiger partial charge is 0.330 e. The first-order valence-electron chi connectivity index (χ1n) is 7.02. The molecule has 112 valence electrons. The van der Waals surface area contributed by atoms with Crippen molar-refractivity contribution in [3.05, 3.63) is 75.4 Å². The van der Waals surface area contributed by atoms with Crippen LogP contribution in [0.15, 0.2) is 54.7 Å².